The van der Waals surface area contributed by atoms with Gasteiger partial charge in [0.05, 0.1) is 0 Å². The summed E-state index contributed by atoms with van der Waals surface area (Å²) in [6, 6.07) is 5.83. The van der Waals surface area contributed by atoms with E-state index in [-0.39, 0.29) is 5.78 Å². The molecule has 0 amide bonds. The molecule has 0 radical (unpaired) electrons. The Hall–Kier alpha value is -1.08. The highest BCUT2D eigenvalue weighted by Gasteiger charge is 2.21. The largest absolute Gasteiger partial charge is 0.294 e. The fraction of sp³-hybridized carbons (Fsp3) is 0.250. The van der Waals surface area contributed by atoms with Crippen molar-refractivity contribution in [3.63, 3.8) is 0 Å². The van der Waals surface area contributed by atoms with Gasteiger partial charge in [0.2, 0.25) is 0 Å². The van der Waals surface area contributed by atoms with Gasteiger partial charge in [-0.1, -0.05) is 36.4 Å². The van der Waals surface area contributed by atoms with Crippen molar-refractivity contribution < 1.29 is 4.79 Å². The summed E-state index contributed by atoms with van der Waals surface area (Å²) in [4.78, 5) is 11.4. The van der Waals surface area contributed by atoms with Crippen molar-refractivity contribution in [3.05, 3.63) is 46.5 Å². The zero-order chi connectivity index (χ0) is 10.1. The van der Waals surface area contributed by atoms with E-state index >= 15 is 0 Å². The van der Waals surface area contributed by atoms with Crippen molar-refractivity contribution in [3.8, 4) is 0 Å². The molecule has 1 aromatic rings. The topological polar surface area (TPSA) is 17.1 Å². The maximum atomic E-state index is 11.4. The van der Waals surface area contributed by atoms with Crippen LogP contribution in [0.3, 0.4) is 0 Å². The Morgan fingerprint density at radius 1 is 1.43 bits per heavy atom. The van der Waals surface area contributed by atoms with Crippen LogP contribution in [0.1, 0.15) is 27.9 Å². The molecule has 2 rings (SSSR count). The molecule has 0 aliphatic heterocycles. The van der Waals surface area contributed by atoms with Gasteiger partial charge in [0.15, 0.2) is 5.78 Å². The van der Waals surface area contributed by atoms with Crippen LogP contribution in [0.2, 0.25) is 0 Å². The Morgan fingerprint density at radius 3 is 2.93 bits per heavy atom. The molecule has 0 aromatic heterocycles. The average molecular weight is 207 g/mol. The van der Waals surface area contributed by atoms with Gasteiger partial charge in [-0.05, 0) is 17.5 Å². The van der Waals surface area contributed by atoms with Crippen molar-refractivity contribution in [2.45, 2.75) is 19.3 Å². The zero-order valence-corrected chi connectivity index (χ0v) is 8.60. The first-order chi connectivity index (χ1) is 6.68. The second-order valence-corrected chi connectivity index (χ2v) is 4.09. The lowest BCUT2D eigenvalue weighted by molar-refractivity contribution is 0.0994. The molecule has 0 fully saturated rings. The maximum absolute atomic E-state index is 11.4. The molecule has 72 valence electrons. The molecule has 14 heavy (non-hydrogen) atoms. The zero-order valence-electron chi connectivity index (χ0n) is 7.85. The number of benzene rings is 1. The second-order valence-electron chi connectivity index (χ2n) is 3.56. The average Bonchev–Trinajstić information content (AvgIpc) is 2.49. The van der Waals surface area contributed by atoms with Gasteiger partial charge in [-0.15, -0.1) is 0 Å². The van der Waals surface area contributed by atoms with E-state index in [0.717, 1.165) is 17.5 Å². The van der Waals surface area contributed by atoms with E-state index < -0.39 is 0 Å². The number of carbonyl (C=O) groups is 1. The van der Waals surface area contributed by atoms with Crippen molar-refractivity contribution in [1.29, 1.82) is 0 Å². The number of ketones is 1. The number of halogens is 1. The van der Waals surface area contributed by atoms with Crippen LogP contribution < -0.4 is 0 Å². The van der Waals surface area contributed by atoms with Gasteiger partial charge in [0, 0.05) is 23.4 Å². The summed E-state index contributed by atoms with van der Waals surface area (Å²) >= 11 is 5.77. The van der Waals surface area contributed by atoms with Crippen LogP contribution in [0.5, 0.6) is 0 Å². The second kappa shape index (κ2) is 3.58. The molecule has 0 saturated carbocycles. The van der Waals surface area contributed by atoms with E-state index in [2.05, 4.69) is 6.58 Å². The van der Waals surface area contributed by atoms with Crippen LogP contribution in [-0.4, -0.2) is 5.78 Å². The molecule has 2 heteroatoms. The SMILES string of the molecule is C=C(Cl)Cc1cccc2c1CCC2=O. The summed E-state index contributed by atoms with van der Waals surface area (Å²) < 4.78 is 0. The maximum Gasteiger partial charge on any atom is 0.163 e. The number of hydrogen-bond acceptors (Lipinski definition) is 1. The van der Waals surface area contributed by atoms with Crippen molar-refractivity contribution in [2.75, 3.05) is 0 Å². The Bertz CT molecular complexity index is 407. The predicted octanol–water partition coefficient (Wildman–Crippen LogP) is 3.11. The van der Waals surface area contributed by atoms with Crippen LogP contribution in [0, 0.1) is 0 Å². The van der Waals surface area contributed by atoms with Gasteiger partial charge in [0.25, 0.3) is 0 Å². The molecule has 1 aliphatic carbocycles. The fourth-order valence-electron chi connectivity index (χ4n) is 1.94. The van der Waals surface area contributed by atoms with Crippen molar-refractivity contribution >= 4 is 17.4 Å². The summed E-state index contributed by atoms with van der Waals surface area (Å²) in [6.07, 6.45) is 2.16. The Balaban J connectivity index is 2.43. The minimum absolute atomic E-state index is 0.252. The molecule has 0 heterocycles. The third kappa shape index (κ3) is 1.60. The van der Waals surface area contributed by atoms with Gasteiger partial charge < -0.3 is 0 Å². The normalized spacial score (nSPS) is 14.2. The number of carbonyl (C=O) groups excluding carboxylic acids is 1. The highest BCUT2D eigenvalue weighted by atomic mass is 35.5. The number of rotatable bonds is 2. The van der Waals surface area contributed by atoms with Gasteiger partial charge in [-0.2, -0.15) is 0 Å². The summed E-state index contributed by atoms with van der Waals surface area (Å²) in [5.74, 6) is 0.252. The third-order valence-electron chi connectivity index (χ3n) is 2.56. The van der Waals surface area contributed by atoms with E-state index in [9.17, 15) is 4.79 Å². The molecule has 0 saturated heterocycles. The summed E-state index contributed by atoms with van der Waals surface area (Å²) in [5.41, 5.74) is 3.19. The Morgan fingerprint density at radius 2 is 2.21 bits per heavy atom. The summed E-state index contributed by atoms with van der Waals surface area (Å²) in [6.45, 7) is 3.68. The van der Waals surface area contributed by atoms with Crippen LogP contribution >= 0.6 is 11.6 Å². The molecule has 1 aliphatic rings. The monoisotopic (exact) mass is 206 g/mol. The highest BCUT2D eigenvalue weighted by molar-refractivity contribution is 6.29. The number of allylic oxidation sites excluding steroid dienone is 1. The lowest BCUT2D eigenvalue weighted by atomic mass is 10.0. The summed E-state index contributed by atoms with van der Waals surface area (Å²) in [5, 5.41) is 0.623. The van der Waals surface area contributed by atoms with Crippen LogP contribution in [0.15, 0.2) is 29.8 Å². The first kappa shape index (κ1) is 9.47. The molecule has 0 bridgehead atoms. The minimum Gasteiger partial charge on any atom is -0.294 e. The van der Waals surface area contributed by atoms with Gasteiger partial charge in [-0.25, -0.2) is 0 Å². The van der Waals surface area contributed by atoms with Gasteiger partial charge in [-0.3, -0.25) is 4.79 Å². The van der Waals surface area contributed by atoms with Crippen molar-refractivity contribution in [2.24, 2.45) is 0 Å². The number of fused-ring (bicyclic) bond motifs is 1. The standard InChI is InChI=1S/C12H11ClO/c1-8(13)7-9-3-2-4-11-10(9)5-6-12(11)14/h2-4H,1,5-7H2. The lowest BCUT2D eigenvalue weighted by Crippen LogP contribution is -1.95. The van der Waals surface area contributed by atoms with Crippen LogP contribution in [-0.2, 0) is 12.8 Å². The molecular weight excluding hydrogens is 196 g/mol. The smallest absolute Gasteiger partial charge is 0.163 e. The molecule has 0 unspecified atom stereocenters. The van der Waals surface area contributed by atoms with Crippen LogP contribution in [0.4, 0.5) is 0 Å². The Kier molecular flexibility index (Phi) is 2.42. The van der Waals surface area contributed by atoms with E-state index in [1.807, 2.05) is 18.2 Å². The third-order valence-corrected chi connectivity index (χ3v) is 2.69. The van der Waals surface area contributed by atoms with Crippen molar-refractivity contribution in [1.82, 2.24) is 0 Å². The lowest BCUT2D eigenvalue weighted by Gasteiger charge is -2.05. The first-order valence-electron chi connectivity index (χ1n) is 4.65. The first-order valence-corrected chi connectivity index (χ1v) is 5.03. The molecule has 0 spiro atoms. The Labute approximate surface area is 88.4 Å². The van der Waals surface area contributed by atoms with Crippen LogP contribution in [0.25, 0.3) is 0 Å². The van der Waals surface area contributed by atoms with E-state index in [1.54, 1.807) is 0 Å². The number of Topliss-reactive ketones (excluding diaryl/α,β-unsaturated/α-hetero) is 1. The minimum atomic E-state index is 0.252. The highest BCUT2D eigenvalue weighted by Crippen LogP contribution is 2.27. The van der Waals surface area contributed by atoms with E-state index in [0.29, 0.717) is 17.9 Å². The van der Waals surface area contributed by atoms with Gasteiger partial charge in [0.1, 0.15) is 0 Å². The fourth-order valence-corrected chi connectivity index (χ4v) is 2.08. The van der Waals surface area contributed by atoms with E-state index in [1.165, 1.54) is 5.56 Å². The summed E-state index contributed by atoms with van der Waals surface area (Å²) in [7, 11) is 0. The number of hydrogen-bond donors (Lipinski definition) is 0. The van der Waals surface area contributed by atoms with E-state index in [4.69, 9.17) is 11.6 Å². The predicted molar refractivity (Wildman–Crippen MR) is 57.8 cm³/mol. The molecule has 1 nitrogen and oxygen atoms in total. The molecule has 0 atom stereocenters. The quantitative estimate of drug-likeness (QED) is 0.727. The molecular formula is C12H11ClO. The van der Waals surface area contributed by atoms with Gasteiger partial charge >= 0.3 is 0 Å². The molecule has 1 aromatic carbocycles. The molecule has 0 N–H and O–H groups in total.